The molecule has 0 saturated carbocycles. The van der Waals surface area contributed by atoms with Gasteiger partial charge in [0.15, 0.2) is 0 Å². The van der Waals surface area contributed by atoms with Crippen molar-refractivity contribution in [1.82, 2.24) is 0 Å². The van der Waals surface area contributed by atoms with Crippen LogP contribution in [0.2, 0.25) is 0 Å². The van der Waals surface area contributed by atoms with E-state index in [4.69, 9.17) is 10.2 Å². The standard InChI is InChI=1S/C14H19O6P/c1-10-3-2-4-11(7-10)8-21(19,20)9-12(14(17)18)5-6-13(15)16/h2-4,7,12H,5-6,8-9H2,1H3,(H,15,16)(H,17,18)(H,19,20). The molecular formula is C14H19O6P. The molecule has 1 aromatic carbocycles. The van der Waals surface area contributed by atoms with Crippen LogP contribution in [0.5, 0.6) is 0 Å². The van der Waals surface area contributed by atoms with Crippen LogP contribution in [0.15, 0.2) is 24.3 Å². The third kappa shape index (κ3) is 6.56. The van der Waals surface area contributed by atoms with Crippen LogP contribution in [-0.4, -0.2) is 33.2 Å². The molecule has 7 heteroatoms. The molecule has 1 rings (SSSR count). The number of hydrogen-bond acceptors (Lipinski definition) is 3. The summed E-state index contributed by atoms with van der Waals surface area (Å²) in [6, 6.07) is 7.11. The van der Waals surface area contributed by atoms with E-state index in [2.05, 4.69) is 0 Å². The average Bonchev–Trinajstić information content (AvgIpc) is 2.33. The van der Waals surface area contributed by atoms with Gasteiger partial charge in [0.05, 0.1) is 5.92 Å². The molecule has 0 radical (unpaired) electrons. The first-order valence-electron chi connectivity index (χ1n) is 6.50. The lowest BCUT2D eigenvalue weighted by Gasteiger charge is -2.17. The number of aryl methyl sites for hydroxylation is 1. The number of carboxylic acid groups (broad SMARTS) is 2. The summed E-state index contributed by atoms with van der Waals surface area (Å²) in [7, 11) is -3.68. The predicted molar refractivity (Wildman–Crippen MR) is 77.6 cm³/mol. The lowest BCUT2D eigenvalue weighted by molar-refractivity contribution is -0.142. The Bertz CT molecular complexity index is 568. The second kappa shape index (κ2) is 7.38. The van der Waals surface area contributed by atoms with Crippen molar-refractivity contribution in [3.8, 4) is 0 Å². The van der Waals surface area contributed by atoms with Crippen LogP contribution >= 0.6 is 7.37 Å². The van der Waals surface area contributed by atoms with E-state index in [-0.39, 0.29) is 19.0 Å². The van der Waals surface area contributed by atoms with Crippen LogP contribution in [0.3, 0.4) is 0 Å². The molecule has 0 heterocycles. The van der Waals surface area contributed by atoms with Gasteiger partial charge in [-0.3, -0.25) is 14.2 Å². The monoisotopic (exact) mass is 314 g/mol. The molecule has 0 aromatic heterocycles. The minimum atomic E-state index is -3.68. The third-order valence-corrected chi connectivity index (χ3v) is 4.94. The van der Waals surface area contributed by atoms with Crippen molar-refractivity contribution >= 4 is 19.3 Å². The maximum atomic E-state index is 12.2. The molecule has 116 valence electrons. The van der Waals surface area contributed by atoms with Gasteiger partial charge in [0.25, 0.3) is 0 Å². The van der Waals surface area contributed by atoms with Crippen LogP contribution in [0.25, 0.3) is 0 Å². The van der Waals surface area contributed by atoms with Gasteiger partial charge in [0.1, 0.15) is 0 Å². The molecular weight excluding hydrogens is 295 g/mol. The van der Waals surface area contributed by atoms with Crippen molar-refractivity contribution in [3.63, 3.8) is 0 Å². The van der Waals surface area contributed by atoms with E-state index in [9.17, 15) is 19.0 Å². The summed E-state index contributed by atoms with van der Waals surface area (Å²) < 4.78 is 12.2. The van der Waals surface area contributed by atoms with Gasteiger partial charge in [-0.1, -0.05) is 29.8 Å². The molecule has 0 bridgehead atoms. The molecule has 0 aliphatic heterocycles. The predicted octanol–water partition coefficient (Wildman–Crippen LogP) is 2.33. The average molecular weight is 314 g/mol. The van der Waals surface area contributed by atoms with Gasteiger partial charge in [-0.15, -0.1) is 0 Å². The minimum Gasteiger partial charge on any atom is -0.481 e. The van der Waals surface area contributed by atoms with Gasteiger partial charge >= 0.3 is 11.9 Å². The molecule has 2 unspecified atom stereocenters. The third-order valence-electron chi connectivity index (χ3n) is 3.07. The van der Waals surface area contributed by atoms with E-state index in [0.717, 1.165) is 5.56 Å². The maximum Gasteiger partial charge on any atom is 0.307 e. The molecule has 21 heavy (non-hydrogen) atoms. The molecule has 0 amide bonds. The van der Waals surface area contributed by atoms with Crippen molar-refractivity contribution in [2.45, 2.75) is 25.9 Å². The SMILES string of the molecule is Cc1cccc(CP(=O)(O)CC(CCC(=O)O)C(=O)O)c1. The highest BCUT2D eigenvalue weighted by molar-refractivity contribution is 7.57. The summed E-state index contributed by atoms with van der Waals surface area (Å²) in [5.74, 6) is -3.48. The highest BCUT2D eigenvalue weighted by atomic mass is 31.2. The van der Waals surface area contributed by atoms with E-state index >= 15 is 0 Å². The zero-order valence-electron chi connectivity index (χ0n) is 11.7. The second-order valence-electron chi connectivity index (χ2n) is 5.14. The van der Waals surface area contributed by atoms with Crippen LogP contribution in [0.4, 0.5) is 0 Å². The van der Waals surface area contributed by atoms with Crippen molar-refractivity contribution in [1.29, 1.82) is 0 Å². The lowest BCUT2D eigenvalue weighted by Crippen LogP contribution is -2.19. The number of carboxylic acids is 2. The van der Waals surface area contributed by atoms with E-state index in [1.807, 2.05) is 13.0 Å². The van der Waals surface area contributed by atoms with Gasteiger partial charge in [-0.25, -0.2) is 0 Å². The molecule has 0 fully saturated rings. The molecule has 0 aliphatic rings. The Balaban J connectivity index is 2.74. The van der Waals surface area contributed by atoms with E-state index in [0.29, 0.717) is 5.56 Å². The van der Waals surface area contributed by atoms with Gasteiger partial charge in [-0.05, 0) is 18.9 Å². The summed E-state index contributed by atoms with van der Waals surface area (Å²) in [5.41, 5.74) is 1.62. The Hall–Kier alpha value is -1.65. The van der Waals surface area contributed by atoms with Crippen LogP contribution in [0, 0.1) is 12.8 Å². The Morgan fingerprint density at radius 3 is 2.48 bits per heavy atom. The van der Waals surface area contributed by atoms with Crippen LogP contribution in [0.1, 0.15) is 24.0 Å². The topological polar surface area (TPSA) is 112 Å². The Morgan fingerprint density at radius 1 is 1.29 bits per heavy atom. The number of rotatable bonds is 8. The first kappa shape index (κ1) is 17.4. The fourth-order valence-corrected chi connectivity index (χ4v) is 4.02. The molecule has 0 aliphatic carbocycles. The highest BCUT2D eigenvalue weighted by Gasteiger charge is 2.29. The van der Waals surface area contributed by atoms with Crippen molar-refractivity contribution in [2.75, 3.05) is 6.16 Å². The number of benzene rings is 1. The first-order chi connectivity index (χ1) is 9.69. The molecule has 2 atom stereocenters. The summed E-state index contributed by atoms with van der Waals surface area (Å²) in [5, 5.41) is 17.6. The summed E-state index contributed by atoms with van der Waals surface area (Å²) in [6.45, 7) is 1.86. The van der Waals surface area contributed by atoms with Gasteiger partial charge < -0.3 is 15.1 Å². The number of aliphatic carboxylic acids is 2. The van der Waals surface area contributed by atoms with E-state index in [1.54, 1.807) is 18.2 Å². The van der Waals surface area contributed by atoms with Gasteiger partial charge in [-0.2, -0.15) is 0 Å². The number of carbonyl (C=O) groups is 2. The van der Waals surface area contributed by atoms with E-state index in [1.165, 1.54) is 0 Å². The van der Waals surface area contributed by atoms with Gasteiger partial charge in [0.2, 0.25) is 7.37 Å². The number of hydrogen-bond donors (Lipinski definition) is 3. The Labute approximate surface area is 122 Å². The Morgan fingerprint density at radius 2 is 1.95 bits per heavy atom. The Kier molecular flexibility index (Phi) is 6.12. The smallest absolute Gasteiger partial charge is 0.307 e. The largest absolute Gasteiger partial charge is 0.481 e. The highest BCUT2D eigenvalue weighted by Crippen LogP contribution is 2.46. The normalized spacial score (nSPS) is 15.1. The summed E-state index contributed by atoms with van der Waals surface area (Å²) in [6.07, 6.45) is -1.00. The minimum absolute atomic E-state index is 0.106. The maximum absolute atomic E-state index is 12.2. The molecule has 0 saturated heterocycles. The van der Waals surface area contributed by atoms with Crippen LogP contribution in [-0.2, 0) is 20.3 Å². The van der Waals surface area contributed by atoms with Crippen molar-refractivity contribution < 1.29 is 29.3 Å². The first-order valence-corrected chi connectivity index (χ1v) is 8.53. The lowest BCUT2D eigenvalue weighted by atomic mass is 10.1. The zero-order valence-corrected chi connectivity index (χ0v) is 12.6. The summed E-state index contributed by atoms with van der Waals surface area (Å²) in [4.78, 5) is 31.6. The quantitative estimate of drug-likeness (QED) is 0.635. The molecule has 0 spiro atoms. The second-order valence-corrected chi connectivity index (χ2v) is 7.52. The molecule has 1 aromatic rings. The van der Waals surface area contributed by atoms with Crippen molar-refractivity contribution in [3.05, 3.63) is 35.4 Å². The van der Waals surface area contributed by atoms with Gasteiger partial charge in [0, 0.05) is 18.7 Å². The molecule has 6 nitrogen and oxygen atoms in total. The van der Waals surface area contributed by atoms with Crippen LogP contribution < -0.4 is 0 Å². The zero-order chi connectivity index (χ0) is 16.0. The van der Waals surface area contributed by atoms with E-state index < -0.39 is 31.4 Å². The van der Waals surface area contributed by atoms with Crippen molar-refractivity contribution in [2.24, 2.45) is 5.92 Å². The molecule has 3 N–H and O–H groups in total. The fourth-order valence-electron chi connectivity index (χ4n) is 2.10. The summed E-state index contributed by atoms with van der Waals surface area (Å²) >= 11 is 0. The fraction of sp³-hybridized carbons (Fsp3) is 0.429.